The molecule has 5 unspecified atom stereocenters. The number of aliphatic imine (C=N–C) groups is 1. The number of hydrogen-bond donors (Lipinski definition) is 3. The monoisotopic (exact) mass is 396 g/mol. The van der Waals surface area contributed by atoms with Crippen LogP contribution >= 0.6 is 0 Å². The zero-order chi connectivity index (χ0) is 20.7. The Morgan fingerprint density at radius 2 is 2.00 bits per heavy atom. The van der Waals surface area contributed by atoms with Gasteiger partial charge in [0.15, 0.2) is 6.23 Å². The minimum absolute atomic E-state index is 0.431. The van der Waals surface area contributed by atoms with Crippen molar-refractivity contribution in [1.29, 1.82) is 0 Å². The van der Waals surface area contributed by atoms with Crippen LogP contribution in [0.15, 0.2) is 41.8 Å². The topological polar surface area (TPSA) is 113 Å². The van der Waals surface area contributed by atoms with Gasteiger partial charge in [0, 0.05) is 11.6 Å². The van der Waals surface area contributed by atoms with Gasteiger partial charge in [0.2, 0.25) is 0 Å². The SMILES string of the molecule is C=NCc1cc(C(O)C2OC(n3ccc4c(C)ncnc43)C(O)C2O)ccc1C. The molecular weight excluding hydrogens is 372 g/mol. The second kappa shape index (κ2) is 7.64. The average Bonchev–Trinajstić information content (AvgIpc) is 3.26. The highest BCUT2D eigenvalue weighted by Gasteiger charge is 2.47. The lowest BCUT2D eigenvalue weighted by Gasteiger charge is -2.22. The number of aromatic nitrogens is 3. The second-order valence-electron chi connectivity index (χ2n) is 7.40. The van der Waals surface area contributed by atoms with Gasteiger partial charge in [-0.05, 0) is 43.3 Å². The maximum absolute atomic E-state index is 10.9. The lowest BCUT2D eigenvalue weighted by atomic mass is 9.96. The molecule has 0 radical (unpaired) electrons. The van der Waals surface area contributed by atoms with Crippen LogP contribution in [-0.2, 0) is 11.3 Å². The normalized spacial score (nSPS) is 25.4. The fourth-order valence-electron chi connectivity index (χ4n) is 3.83. The fourth-order valence-corrected chi connectivity index (χ4v) is 3.83. The van der Waals surface area contributed by atoms with Crippen LogP contribution in [0.5, 0.6) is 0 Å². The van der Waals surface area contributed by atoms with Crippen LogP contribution in [0, 0.1) is 13.8 Å². The van der Waals surface area contributed by atoms with Gasteiger partial charge in [-0.25, -0.2) is 9.97 Å². The molecule has 29 heavy (non-hydrogen) atoms. The van der Waals surface area contributed by atoms with Gasteiger partial charge >= 0.3 is 0 Å². The molecule has 4 rings (SSSR count). The summed E-state index contributed by atoms with van der Waals surface area (Å²) >= 11 is 0. The molecule has 1 saturated heterocycles. The second-order valence-corrected chi connectivity index (χ2v) is 7.40. The van der Waals surface area contributed by atoms with E-state index >= 15 is 0 Å². The maximum Gasteiger partial charge on any atom is 0.164 e. The minimum atomic E-state index is -1.27. The maximum atomic E-state index is 10.9. The molecule has 3 heterocycles. The summed E-state index contributed by atoms with van der Waals surface area (Å²) in [7, 11) is 0. The van der Waals surface area contributed by atoms with E-state index in [0.717, 1.165) is 22.2 Å². The van der Waals surface area contributed by atoms with E-state index in [2.05, 4.69) is 21.7 Å². The molecule has 0 amide bonds. The third-order valence-electron chi connectivity index (χ3n) is 5.57. The number of hydrogen-bond acceptors (Lipinski definition) is 7. The van der Waals surface area contributed by atoms with Crippen molar-refractivity contribution in [2.75, 3.05) is 0 Å². The van der Waals surface area contributed by atoms with Crippen molar-refractivity contribution in [2.45, 2.75) is 51.0 Å². The highest BCUT2D eigenvalue weighted by Crippen LogP contribution is 2.37. The van der Waals surface area contributed by atoms with Crippen molar-refractivity contribution in [3.8, 4) is 0 Å². The highest BCUT2D eigenvalue weighted by atomic mass is 16.6. The number of aliphatic hydroxyl groups excluding tert-OH is 3. The number of ether oxygens (including phenoxy) is 1. The van der Waals surface area contributed by atoms with E-state index in [1.165, 1.54) is 6.33 Å². The van der Waals surface area contributed by atoms with Crippen LogP contribution in [0.1, 0.15) is 34.7 Å². The van der Waals surface area contributed by atoms with Gasteiger partial charge in [-0.1, -0.05) is 18.2 Å². The average molecular weight is 396 g/mol. The van der Waals surface area contributed by atoms with E-state index in [1.807, 2.05) is 32.0 Å². The molecule has 1 aromatic carbocycles. The van der Waals surface area contributed by atoms with Gasteiger partial charge in [-0.2, -0.15) is 0 Å². The number of aryl methyl sites for hydroxylation is 2. The molecule has 0 bridgehead atoms. The lowest BCUT2D eigenvalue weighted by Crippen LogP contribution is -2.34. The largest absolute Gasteiger partial charge is 0.387 e. The predicted octanol–water partition coefficient (Wildman–Crippen LogP) is 1.60. The summed E-state index contributed by atoms with van der Waals surface area (Å²) in [5.41, 5.74) is 3.96. The number of fused-ring (bicyclic) bond motifs is 1. The molecule has 0 saturated carbocycles. The van der Waals surface area contributed by atoms with Crippen molar-refractivity contribution >= 4 is 17.8 Å². The summed E-state index contributed by atoms with van der Waals surface area (Å²) in [5, 5.41) is 33.0. The molecule has 8 nitrogen and oxygen atoms in total. The first-order chi connectivity index (χ1) is 13.9. The van der Waals surface area contributed by atoms with Gasteiger partial charge in [-0.15, -0.1) is 0 Å². The van der Waals surface area contributed by atoms with Crippen molar-refractivity contribution in [3.05, 3.63) is 59.2 Å². The Kier molecular flexibility index (Phi) is 5.18. The standard InChI is InChI=1S/C21H24N4O4/c1-11-4-5-13(8-14(11)9-22-3)16(26)19-17(27)18(28)21(29-19)25-7-6-15-12(2)23-10-24-20(15)25/h4-8,10,16-19,21,26-28H,3,9H2,1-2H3. The quantitative estimate of drug-likeness (QED) is 0.565. The first kappa shape index (κ1) is 19.7. The van der Waals surface area contributed by atoms with Gasteiger partial charge in [0.25, 0.3) is 0 Å². The number of aliphatic hydroxyl groups is 3. The molecule has 1 fully saturated rings. The van der Waals surface area contributed by atoms with Crippen molar-refractivity contribution < 1.29 is 20.1 Å². The van der Waals surface area contributed by atoms with Crippen LogP contribution in [0.4, 0.5) is 0 Å². The third-order valence-corrected chi connectivity index (χ3v) is 5.57. The highest BCUT2D eigenvalue weighted by molar-refractivity contribution is 5.78. The van der Waals surface area contributed by atoms with Crippen LogP contribution in [-0.4, -0.2) is 54.9 Å². The Balaban J connectivity index is 1.64. The molecule has 0 spiro atoms. The molecule has 2 aromatic heterocycles. The minimum Gasteiger partial charge on any atom is -0.387 e. The summed E-state index contributed by atoms with van der Waals surface area (Å²) in [6, 6.07) is 7.33. The number of nitrogens with zero attached hydrogens (tertiary/aromatic N) is 4. The Labute approximate surface area is 168 Å². The molecule has 0 aliphatic carbocycles. The smallest absolute Gasteiger partial charge is 0.164 e. The van der Waals surface area contributed by atoms with Crippen LogP contribution < -0.4 is 0 Å². The van der Waals surface area contributed by atoms with Crippen LogP contribution in [0.25, 0.3) is 11.0 Å². The first-order valence-corrected chi connectivity index (χ1v) is 9.42. The van der Waals surface area contributed by atoms with E-state index in [0.29, 0.717) is 17.8 Å². The zero-order valence-corrected chi connectivity index (χ0v) is 16.3. The van der Waals surface area contributed by atoms with E-state index in [4.69, 9.17) is 4.74 Å². The molecule has 152 valence electrons. The molecule has 3 aromatic rings. The Morgan fingerprint density at radius 1 is 1.21 bits per heavy atom. The predicted molar refractivity (Wildman–Crippen MR) is 108 cm³/mol. The van der Waals surface area contributed by atoms with Crippen molar-refractivity contribution in [2.24, 2.45) is 4.99 Å². The summed E-state index contributed by atoms with van der Waals surface area (Å²) in [5.74, 6) is 0. The van der Waals surface area contributed by atoms with Gasteiger partial charge in [0.05, 0.1) is 12.2 Å². The van der Waals surface area contributed by atoms with E-state index in [-0.39, 0.29) is 0 Å². The third kappa shape index (κ3) is 3.34. The summed E-state index contributed by atoms with van der Waals surface area (Å²) in [6.07, 6.45) is -2.30. The first-order valence-electron chi connectivity index (χ1n) is 9.42. The summed E-state index contributed by atoms with van der Waals surface area (Å²) in [6.45, 7) is 7.77. The van der Waals surface area contributed by atoms with Crippen LogP contribution in [0.3, 0.4) is 0 Å². The Hall–Kier alpha value is -2.65. The fraction of sp³-hybridized carbons (Fsp3) is 0.381. The summed E-state index contributed by atoms with van der Waals surface area (Å²) in [4.78, 5) is 12.3. The molecule has 1 aliphatic heterocycles. The Bertz CT molecular complexity index is 1050. The van der Waals surface area contributed by atoms with Gasteiger partial charge in [-0.3, -0.25) is 4.99 Å². The van der Waals surface area contributed by atoms with E-state index in [9.17, 15) is 15.3 Å². The van der Waals surface area contributed by atoms with Gasteiger partial charge < -0.3 is 24.6 Å². The van der Waals surface area contributed by atoms with Crippen molar-refractivity contribution in [1.82, 2.24) is 14.5 Å². The molecule has 3 N–H and O–H groups in total. The van der Waals surface area contributed by atoms with Crippen molar-refractivity contribution in [3.63, 3.8) is 0 Å². The van der Waals surface area contributed by atoms with Crippen LogP contribution in [0.2, 0.25) is 0 Å². The number of rotatable bonds is 5. The summed E-state index contributed by atoms with van der Waals surface area (Å²) < 4.78 is 7.60. The molecule has 1 aliphatic rings. The lowest BCUT2D eigenvalue weighted by molar-refractivity contribution is -0.0848. The molecule has 5 atom stereocenters. The Morgan fingerprint density at radius 3 is 2.76 bits per heavy atom. The van der Waals surface area contributed by atoms with E-state index in [1.54, 1.807) is 16.8 Å². The van der Waals surface area contributed by atoms with Gasteiger partial charge in [0.1, 0.15) is 36.4 Å². The molecular formula is C21H24N4O4. The zero-order valence-electron chi connectivity index (χ0n) is 16.3. The van der Waals surface area contributed by atoms with E-state index < -0.39 is 30.6 Å². The molecule has 8 heteroatoms. The number of benzene rings is 1.